The second kappa shape index (κ2) is 8.44. The lowest BCUT2D eigenvalue weighted by Crippen LogP contribution is -2.35. The highest BCUT2D eigenvalue weighted by Gasteiger charge is 2.24. The smallest absolute Gasteiger partial charge is 0.319 e. The summed E-state index contributed by atoms with van der Waals surface area (Å²) in [6.45, 7) is 2.04. The monoisotopic (exact) mass is 379 g/mol. The Bertz CT molecular complexity index is 844. The molecule has 2 aromatic carbocycles. The molecule has 1 unspecified atom stereocenters. The van der Waals surface area contributed by atoms with Gasteiger partial charge in [0.05, 0.1) is 12.5 Å². The van der Waals surface area contributed by atoms with E-state index in [1.807, 2.05) is 47.4 Å². The lowest BCUT2D eigenvalue weighted by atomic mass is 10.1. The van der Waals surface area contributed by atoms with Crippen molar-refractivity contribution in [2.45, 2.75) is 31.8 Å². The van der Waals surface area contributed by atoms with E-state index < -0.39 is 0 Å². The van der Waals surface area contributed by atoms with E-state index in [1.165, 1.54) is 5.56 Å². The zero-order chi connectivity index (χ0) is 19.3. The number of carbonyl (C=O) groups is 2. The minimum Gasteiger partial charge on any atom is -0.376 e. The molecule has 0 aliphatic carbocycles. The van der Waals surface area contributed by atoms with Gasteiger partial charge < -0.3 is 20.3 Å². The summed E-state index contributed by atoms with van der Waals surface area (Å²) in [4.78, 5) is 26.5. The highest BCUT2D eigenvalue weighted by atomic mass is 16.5. The molecule has 2 aliphatic heterocycles. The Labute approximate surface area is 164 Å². The topological polar surface area (TPSA) is 70.7 Å². The number of rotatable bonds is 5. The molecule has 4 rings (SSSR count). The first-order valence-corrected chi connectivity index (χ1v) is 9.83. The second-order valence-corrected chi connectivity index (χ2v) is 7.27. The molecule has 0 bridgehead atoms. The highest BCUT2D eigenvalue weighted by molar-refractivity contribution is 5.96. The number of nitrogens with zero attached hydrogens (tertiary/aromatic N) is 1. The predicted molar refractivity (Wildman–Crippen MR) is 109 cm³/mol. The fraction of sp³-hybridized carbons (Fsp3) is 0.364. The van der Waals surface area contributed by atoms with E-state index >= 15 is 0 Å². The Balaban J connectivity index is 1.28. The van der Waals surface area contributed by atoms with Gasteiger partial charge in [-0.05, 0) is 48.6 Å². The Hall–Kier alpha value is -2.86. The van der Waals surface area contributed by atoms with Crippen molar-refractivity contribution < 1.29 is 14.3 Å². The summed E-state index contributed by atoms with van der Waals surface area (Å²) >= 11 is 0. The molecule has 6 heteroatoms. The molecule has 146 valence electrons. The third-order valence-corrected chi connectivity index (χ3v) is 5.27. The molecule has 2 aromatic rings. The number of nitrogens with one attached hydrogen (secondary N) is 2. The van der Waals surface area contributed by atoms with Gasteiger partial charge in [0.2, 0.25) is 5.91 Å². The largest absolute Gasteiger partial charge is 0.376 e. The van der Waals surface area contributed by atoms with Gasteiger partial charge in [-0.15, -0.1) is 0 Å². The van der Waals surface area contributed by atoms with E-state index in [2.05, 4.69) is 16.7 Å². The maximum atomic E-state index is 12.7. The number of hydrogen-bond acceptors (Lipinski definition) is 3. The number of ether oxygens (including phenoxy) is 1. The number of hydrogen-bond donors (Lipinski definition) is 2. The van der Waals surface area contributed by atoms with E-state index in [9.17, 15) is 9.59 Å². The molecule has 1 fully saturated rings. The zero-order valence-corrected chi connectivity index (χ0v) is 15.8. The molecule has 1 saturated heterocycles. The van der Waals surface area contributed by atoms with Crippen LogP contribution in [0.1, 0.15) is 24.0 Å². The molecule has 2 aliphatic rings. The summed E-state index contributed by atoms with van der Waals surface area (Å²) in [7, 11) is 0. The predicted octanol–water partition coefficient (Wildman–Crippen LogP) is 3.12. The Morgan fingerprint density at radius 3 is 2.71 bits per heavy atom. The van der Waals surface area contributed by atoms with Crippen molar-refractivity contribution in [1.82, 2.24) is 5.32 Å². The van der Waals surface area contributed by atoms with Gasteiger partial charge in [-0.1, -0.05) is 30.3 Å². The number of benzene rings is 2. The van der Waals surface area contributed by atoms with Crippen LogP contribution in [0.3, 0.4) is 0 Å². The van der Waals surface area contributed by atoms with Crippen LogP contribution in [-0.4, -0.2) is 37.7 Å². The van der Waals surface area contributed by atoms with Gasteiger partial charge in [0, 0.05) is 31.1 Å². The van der Waals surface area contributed by atoms with Crippen LogP contribution in [0.2, 0.25) is 0 Å². The molecular formula is C22H25N3O3. The first kappa shape index (κ1) is 18.5. The molecule has 0 aromatic heterocycles. The van der Waals surface area contributed by atoms with Gasteiger partial charge in [0.15, 0.2) is 0 Å². The maximum Gasteiger partial charge on any atom is 0.319 e. The van der Waals surface area contributed by atoms with Gasteiger partial charge >= 0.3 is 6.03 Å². The lowest BCUT2D eigenvalue weighted by Gasteiger charge is -2.17. The van der Waals surface area contributed by atoms with Crippen LogP contribution < -0.4 is 15.5 Å². The highest BCUT2D eigenvalue weighted by Crippen LogP contribution is 2.28. The normalized spacial score (nSPS) is 18.0. The van der Waals surface area contributed by atoms with Crippen molar-refractivity contribution in [2.75, 3.05) is 29.9 Å². The van der Waals surface area contributed by atoms with Gasteiger partial charge in [0.25, 0.3) is 0 Å². The molecule has 0 spiro atoms. The lowest BCUT2D eigenvalue weighted by molar-refractivity contribution is -0.117. The van der Waals surface area contributed by atoms with Crippen molar-refractivity contribution in [3.63, 3.8) is 0 Å². The van der Waals surface area contributed by atoms with Crippen LogP contribution in [0.5, 0.6) is 0 Å². The number of urea groups is 1. The van der Waals surface area contributed by atoms with Crippen LogP contribution in [0.15, 0.2) is 48.5 Å². The quantitative estimate of drug-likeness (QED) is 0.839. The van der Waals surface area contributed by atoms with Gasteiger partial charge in [0.1, 0.15) is 0 Å². The molecule has 6 nitrogen and oxygen atoms in total. The standard InChI is InChI=1S/C22H25N3O3/c26-21(25-12-11-17-4-1-2-6-20(17)25)14-16-7-9-18(10-8-16)24-22(27)23-15-19-5-3-13-28-19/h1-2,4,6-10,19H,3,5,11-15H2,(H2,23,24,27). The number of fused-ring (bicyclic) bond motifs is 1. The van der Waals surface area contributed by atoms with Crippen molar-refractivity contribution in [2.24, 2.45) is 0 Å². The Morgan fingerprint density at radius 2 is 1.93 bits per heavy atom. The zero-order valence-electron chi connectivity index (χ0n) is 15.8. The molecule has 2 heterocycles. The van der Waals surface area contributed by atoms with Crippen molar-refractivity contribution in [3.8, 4) is 0 Å². The SMILES string of the molecule is O=C(NCC1CCCO1)Nc1ccc(CC(=O)N2CCc3ccccc32)cc1. The van der Waals surface area contributed by atoms with Crippen LogP contribution in [0.4, 0.5) is 16.2 Å². The third kappa shape index (κ3) is 4.34. The fourth-order valence-electron chi connectivity index (χ4n) is 3.76. The summed E-state index contributed by atoms with van der Waals surface area (Å²) < 4.78 is 5.49. The van der Waals surface area contributed by atoms with E-state index in [-0.39, 0.29) is 18.0 Å². The summed E-state index contributed by atoms with van der Waals surface area (Å²) in [5.41, 5.74) is 3.88. The van der Waals surface area contributed by atoms with Crippen LogP contribution >= 0.6 is 0 Å². The average molecular weight is 379 g/mol. The minimum atomic E-state index is -0.243. The van der Waals surface area contributed by atoms with E-state index in [1.54, 1.807) is 0 Å². The number of amides is 3. The second-order valence-electron chi connectivity index (χ2n) is 7.27. The molecule has 1 atom stereocenters. The summed E-state index contributed by atoms with van der Waals surface area (Å²) in [6.07, 6.45) is 3.42. The van der Waals surface area contributed by atoms with E-state index in [0.717, 1.165) is 43.7 Å². The van der Waals surface area contributed by atoms with Crippen LogP contribution in [0.25, 0.3) is 0 Å². The molecule has 3 amide bonds. The number of carbonyl (C=O) groups excluding carboxylic acids is 2. The molecule has 28 heavy (non-hydrogen) atoms. The van der Waals surface area contributed by atoms with Crippen molar-refractivity contribution in [3.05, 3.63) is 59.7 Å². The van der Waals surface area contributed by atoms with Crippen LogP contribution in [0, 0.1) is 0 Å². The summed E-state index contributed by atoms with van der Waals surface area (Å²) in [5, 5.41) is 5.64. The molecule has 2 N–H and O–H groups in total. The van der Waals surface area contributed by atoms with Crippen molar-refractivity contribution in [1.29, 1.82) is 0 Å². The fourth-order valence-corrected chi connectivity index (χ4v) is 3.76. The summed E-state index contributed by atoms with van der Waals surface area (Å²) in [5.74, 6) is 0.0972. The van der Waals surface area contributed by atoms with E-state index in [0.29, 0.717) is 18.7 Å². The Morgan fingerprint density at radius 1 is 1.11 bits per heavy atom. The number of para-hydroxylation sites is 1. The minimum absolute atomic E-state index is 0.0972. The Kier molecular flexibility index (Phi) is 5.58. The molecule has 0 radical (unpaired) electrons. The first-order chi connectivity index (χ1) is 13.7. The third-order valence-electron chi connectivity index (χ3n) is 5.27. The molecular weight excluding hydrogens is 354 g/mol. The van der Waals surface area contributed by atoms with E-state index in [4.69, 9.17) is 4.74 Å². The average Bonchev–Trinajstić information content (AvgIpc) is 3.37. The van der Waals surface area contributed by atoms with Gasteiger partial charge in [-0.2, -0.15) is 0 Å². The van der Waals surface area contributed by atoms with Gasteiger partial charge in [-0.25, -0.2) is 4.79 Å². The van der Waals surface area contributed by atoms with Crippen LogP contribution in [-0.2, 0) is 22.4 Å². The first-order valence-electron chi connectivity index (χ1n) is 9.83. The maximum absolute atomic E-state index is 12.7. The van der Waals surface area contributed by atoms with Crippen molar-refractivity contribution >= 4 is 23.3 Å². The summed E-state index contributed by atoms with van der Waals surface area (Å²) in [6, 6.07) is 15.2. The van der Waals surface area contributed by atoms with Gasteiger partial charge in [-0.3, -0.25) is 4.79 Å². The molecule has 0 saturated carbocycles. The number of anilines is 2.